The predicted molar refractivity (Wildman–Crippen MR) is 56.4 cm³/mol. The molecule has 1 N–H and O–H groups in total. The minimum absolute atomic E-state index is 0.0695. The molecule has 0 unspecified atom stereocenters. The van der Waals surface area contributed by atoms with Gasteiger partial charge in [-0.05, 0) is 19.3 Å². The Morgan fingerprint density at radius 2 is 2.18 bits per heavy atom. The maximum absolute atomic E-state index is 12.3. The van der Waals surface area contributed by atoms with Gasteiger partial charge in [-0.2, -0.15) is 13.2 Å². The molecule has 0 atom stereocenters. The van der Waals surface area contributed by atoms with E-state index >= 15 is 0 Å². The molecule has 17 heavy (non-hydrogen) atoms. The maximum Gasteiger partial charge on any atom is 0.412 e. The van der Waals surface area contributed by atoms with Gasteiger partial charge in [-0.1, -0.05) is 6.08 Å². The van der Waals surface area contributed by atoms with E-state index in [0.717, 1.165) is 18.9 Å². The molecular weight excluding hydrogens is 233 g/mol. The number of halogens is 3. The summed E-state index contributed by atoms with van der Waals surface area (Å²) in [5.74, 6) is -0.116. The van der Waals surface area contributed by atoms with Crippen molar-refractivity contribution in [1.82, 2.24) is 10.2 Å². The van der Waals surface area contributed by atoms with Gasteiger partial charge in [0.2, 0.25) is 5.91 Å². The topological polar surface area (TPSA) is 32.3 Å². The van der Waals surface area contributed by atoms with Crippen LogP contribution >= 0.6 is 0 Å². The second-order valence-corrected chi connectivity index (χ2v) is 4.47. The van der Waals surface area contributed by atoms with Crippen LogP contribution in [-0.2, 0) is 4.79 Å². The Labute approximate surface area is 97.7 Å². The molecule has 1 fully saturated rings. The van der Waals surface area contributed by atoms with E-state index < -0.39 is 11.7 Å². The van der Waals surface area contributed by atoms with Crippen molar-refractivity contribution >= 4 is 5.91 Å². The van der Waals surface area contributed by atoms with Crippen LogP contribution in [0.1, 0.15) is 19.3 Å². The monoisotopic (exact) mass is 248 g/mol. The second-order valence-electron chi connectivity index (χ2n) is 4.47. The molecule has 1 aliphatic heterocycles. The van der Waals surface area contributed by atoms with Crippen LogP contribution in [0.5, 0.6) is 0 Å². The smallest absolute Gasteiger partial charge is 0.338 e. The molecule has 0 bridgehead atoms. The lowest BCUT2D eigenvalue weighted by atomic mass is 10.1. The van der Waals surface area contributed by atoms with Gasteiger partial charge in [0, 0.05) is 24.7 Å². The van der Waals surface area contributed by atoms with Gasteiger partial charge in [-0.15, -0.1) is 0 Å². The molecule has 1 saturated carbocycles. The first kappa shape index (κ1) is 12.4. The largest absolute Gasteiger partial charge is 0.412 e. The molecule has 0 aromatic carbocycles. The van der Waals surface area contributed by atoms with E-state index in [4.69, 9.17) is 0 Å². The molecule has 1 heterocycles. The third kappa shape index (κ3) is 3.46. The standard InChI is InChI=1S/C11H15F3N2O/c12-11(13,14)8-3-5-16(6-4-8)10(17)7-15-9-1-2-9/h3,9,15H,1-2,4-7H2. The highest BCUT2D eigenvalue weighted by molar-refractivity contribution is 5.78. The first-order valence-electron chi connectivity index (χ1n) is 5.74. The van der Waals surface area contributed by atoms with Crippen LogP contribution in [-0.4, -0.2) is 42.7 Å². The Morgan fingerprint density at radius 3 is 2.65 bits per heavy atom. The van der Waals surface area contributed by atoms with Crippen LogP contribution in [0.25, 0.3) is 0 Å². The summed E-state index contributed by atoms with van der Waals surface area (Å²) in [6.45, 7) is 0.469. The Morgan fingerprint density at radius 1 is 1.47 bits per heavy atom. The van der Waals surface area contributed by atoms with Gasteiger partial charge < -0.3 is 10.2 Å². The Bertz CT molecular complexity index is 334. The summed E-state index contributed by atoms with van der Waals surface area (Å²) >= 11 is 0. The number of rotatable bonds is 3. The van der Waals surface area contributed by atoms with Crippen molar-refractivity contribution in [2.24, 2.45) is 0 Å². The molecule has 1 amide bonds. The van der Waals surface area contributed by atoms with E-state index in [1.54, 1.807) is 0 Å². The highest BCUT2D eigenvalue weighted by Gasteiger charge is 2.35. The van der Waals surface area contributed by atoms with Gasteiger partial charge in [0.15, 0.2) is 0 Å². The van der Waals surface area contributed by atoms with Crippen LogP contribution < -0.4 is 5.32 Å². The van der Waals surface area contributed by atoms with Gasteiger partial charge in [0.05, 0.1) is 6.54 Å². The SMILES string of the molecule is O=C(CNC1CC1)N1CC=C(C(F)(F)F)CC1. The minimum atomic E-state index is -4.25. The minimum Gasteiger partial charge on any atom is -0.338 e. The summed E-state index contributed by atoms with van der Waals surface area (Å²) in [7, 11) is 0. The van der Waals surface area contributed by atoms with E-state index in [-0.39, 0.29) is 32.0 Å². The van der Waals surface area contributed by atoms with Gasteiger partial charge in [0.1, 0.15) is 0 Å². The van der Waals surface area contributed by atoms with Crippen LogP contribution in [0.2, 0.25) is 0 Å². The predicted octanol–water partition coefficient (Wildman–Crippen LogP) is 1.46. The third-order valence-corrected chi connectivity index (χ3v) is 3.05. The number of amides is 1. The van der Waals surface area contributed by atoms with Gasteiger partial charge in [0.25, 0.3) is 0 Å². The highest BCUT2D eigenvalue weighted by atomic mass is 19.4. The number of alkyl halides is 3. The molecule has 0 radical (unpaired) electrons. The molecule has 6 heteroatoms. The van der Waals surface area contributed by atoms with E-state index in [1.165, 1.54) is 4.90 Å². The zero-order valence-corrected chi connectivity index (χ0v) is 9.39. The van der Waals surface area contributed by atoms with Crippen LogP contribution in [0, 0.1) is 0 Å². The van der Waals surface area contributed by atoms with Crippen molar-refractivity contribution in [2.75, 3.05) is 19.6 Å². The summed E-state index contributed by atoms with van der Waals surface area (Å²) < 4.78 is 37.0. The van der Waals surface area contributed by atoms with E-state index in [2.05, 4.69) is 5.32 Å². The fourth-order valence-corrected chi connectivity index (χ4v) is 1.78. The molecule has 96 valence electrons. The number of carbonyl (C=O) groups excluding carboxylic acids is 1. The molecule has 1 aliphatic carbocycles. The molecular formula is C11H15F3N2O. The van der Waals surface area contributed by atoms with Crippen molar-refractivity contribution < 1.29 is 18.0 Å². The van der Waals surface area contributed by atoms with E-state index in [0.29, 0.717) is 6.04 Å². The quantitative estimate of drug-likeness (QED) is 0.767. The van der Waals surface area contributed by atoms with Crippen molar-refractivity contribution in [3.8, 4) is 0 Å². The number of hydrogen-bond donors (Lipinski definition) is 1. The second kappa shape index (κ2) is 4.68. The molecule has 0 aromatic heterocycles. The first-order chi connectivity index (χ1) is 7.97. The number of nitrogens with one attached hydrogen (secondary N) is 1. The average Bonchev–Trinajstić information content (AvgIpc) is 3.09. The third-order valence-electron chi connectivity index (χ3n) is 3.05. The highest BCUT2D eigenvalue weighted by Crippen LogP contribution is 2.30. The van der Waals surface area contributed by atoms with Crippen LogP contribution in [0.4, 0.5) is 13.2 Å². The number of nitrogens with zero attached hydrogens (tertiary/aromatic N) is 1. The van der Waals surface area contributed by atoms with Crippen LogP contribution in [0.3, 0.4) is 0 Å². The summed E-state index contributed by atoms with van der Waals surface area (Å²) in [5.41, 5.74) is -0.517. The maximum atomic E-state index is 12.3. The van der Waals surface area contributed by atoms with Crippen molar-refractivity contribution in [1.29, 1.82) is 0 Å². The Balaban J connectivity index is 1.80. The van der Waals surface area contributed by atoms with E-state index in [1.807, 2.05) is 0 Å². The Hall–Kier alpha value is -1.04. The summed E-state index contributed by atoms with van der Waals surface area (Å²) in [6.07, 6.45) is -1.06. The molecule has 2 aliphatic rings. The average molecular weight is 248 g/mol. The number of hydrogen-bond acceptors (Lipinski definition) is 2. The van der Waals surface area contributed by atoms with Crippen molar-refractivity contribution in [3.05, 3.63) is 11.6 Å². The summed E-state index contributed by atoms with van der Waals surface area (Å²) in [6, 6.07) is 0.435. The van der Waals surface area contributed by atoms with Gasteiger partial charge in [-0.25, -0.2) is 0 Å². The summed E-state index contributed by atoms with van der Waals surface area (Å²) in [5, 5.41) is 3.06. The molecule has 0 saturated heterocycles. The molecule has 0 aromatic rings. The first-order valence-corrected chi connectivity index (χ1v) is 5.74. The fraction of sp³-hybridized carbons (Fsp3) is 0.727. The van der Waals surface area contributed by atoms with Crippen LogP contribution in [0.15, 0.2) is 11.6 Å². The van der Waals surface area contributed by atoms with E-state index in [9.17, 15) is 18.0 Å². The zero-order chi connectivity index (χ0) is 12.5. The van der Waals surface area contributed by atoms with Gasteiger partial charge in [-0.3, -0.25) is 4.79 Å². The lowest BCUT2D eigenvalue weighted by Gasteiger charge is -2.27. The molecule has 2 rings (SSSR count). The lowest BCUT2D eigenvalue weighted by Crippen LogP contribution is -2.42. The number of carbonyl (C=O) groups is 1. The fourth-order valence-electron chi connectivity index (χ4n) is 1.78. The van der Waals surface area contributed by atoms with Gasteiger partial charge >= 0.3 is 6.18 Å². The van der Waals surface area contributed by atoms with Crippen molar-refractivity contribution in [3.63, 3.8) is 0 Å². The zero-order valence-electron chi connectivity index (χ0n) is 9.39. The Kier molecular flexibility index (Phi) is 3.42. The normalized spacial score (nSPS) is 21.4. The van der Waals surface area contributed by atoms with Crippen molar-refractivity contribution in [2.45, 2.75) is 31.5 Å². The molecule has 0 spiro atoms. The summed E-state index contributed by atoms with van der Waals surface area (Å²) in [4.78, 5) is 13.1. The molecule has 3 nitrogen and oxygen atoms in total. The lowest BCUT2D eigenvalue weighted by molar-refractivity contribution is -0.131.